The van der Waals surface area contributed by atoms with Crippen molar-refractivity contribution in [3.05, 3.63) is 11.7 Å². The summed E-state index contributed by atoms with van der Waals surface area (Å²) in [5.74, 6) is 1.35. The molecule has 1 aromatic heterocycles. The van der Waals surface area contributed by atoms with Crippen LogP contribution in [-0.2, 0) is 11.3 Å². The Morgan fingerprint density at radius 3 is 3.00 bits per heavy atom. The van der Waals surface area contributed by atoms with Gasteiger partial charge in [-0.05, 0) is 19.3 Å². The van der Waals surface area contributed by atoms with Crippen molar-refractivity contribution in [1.29, 1.82) is 0 Å². The highest BCUT2D eigenvalue weighted by Gasteiger charge is 2.24. The molecule has 1 saturated carbocycles. The van der Waals surface area contributed by atoms with Crippen molar-refractivity contribution in [1.82, 2.24) is 15.5 Å². The van der Waals surface area contributed by atoms with Crippen LogP contribution in [0.2, 0.25) is 0 Å². The molecule has 1 aromatic rings. The molecule has 0 amide bonds. The average Bonchev–Trinajstić information content (AvgIpc) is 2.83. The van der Waals surface area contributed by atoms with Crippen molar-refractivity contribution in [3.8, 4) is 0 Å². The zero-order chi connectivity index (χ0) is 10.7. The maximum atomic E-state index is 5.31. The Morgan fingerprint density at radius 1 is 1.53 bits per heavy atom. The predicted octanol–water partition coefficient (Wildman–Crippen LogP) is 1.04. The largest absolute Gasteiger partial charge is 0.381 e. The summed E-state index contributed by atoms with van der Waals surface area (Å²) in [6.45, 7) is 2.48. The van der Waals surface area contributed by atoms with Crippen LogP contribution in [0.3, 0.4) is 0 Å². The van der Waals surface area contributed by atoms with E-state index in [-0.39, 0.29) is 0 Å². The quantitative estimate of drug-likeness (QED) is 0.806. The van der Waals surface area contributed by atoms with Gasteiger partial charge in [-0.2, -0.15) is 4.98 Å². The SMILES string of the molecule is COC1CCC(NCc2noc(C)n2)C1. The standard InChI is InChI=1S/C10H17N3O2/c1-7-12-10(13-15-7)6-11-8-3-4-9(5-8)14-2/h8-9,11H,3-6H2,1-2H3. The molecule has 1 fully saturated rings. The van der Waals surface area contributed by atoms with E-state index in [4.69, 9.17) is 9.26 Å². The van der Waals surface area contributed by atoms with Gasteiger partial charge in [-0.3, -0.25) is 0 Å². The third-order valence-corrected chi connectivity index (χ3v) is 2.84. The number of aryl methyl sites for hydroxylation is 1. The smallest absolute Gasteiger partial charge is 0.223 e. The van der Waals surface area contributed by atoms with Crippen LogP contribution < -0.4 is 5.32 Å². The normalized spacial score (nSPS) is 26.0. The second-order valence-electron chi connectivity index (χ2n) is 3.98. The molecule has 15 heavy (non-hydrogen) atoms. The summed E-state index contributed by atoms with van der Waals surface area (Å²) in [6, 6.07) is 0.522. The molecule has 1 N–H and O–H groups in total. The topological polar surface area (TPSA) is 60.2 Å². The average molecular weight is 211 g/mol. The fourth-order valence-corrected chi connectivity index (χ4v) is 1.99. The highest BCUT2D eigenvalue weighted by Crippen LogP contribution is 2.21. The van der Waals surface area contributed by atoms with Gasteiger partial charge in [0.15, 0.2) is 5.82 Å². The minimum atomic E-state index is 0.412. The Hall–Kier alpha value is -0.940. The second-order valence-corrected chi connectivity index (χ2v) is 3.98. The minimum Gasteiger partial charge on any atom is -0.381 e. The Kier molecular flexibility index (Phi) is 3.33. The third-order valence-electron chi connectivity index (χ3n) is 2.84. The molecule has 84 valence electrons. The molecule has 0 bridgehead atoms. The molecule has 0 radical (unpaired) electrons. The fourth-order valence-electron chi connectivity index (χ4n) is 1.99. The van der Waals surface area contributed by atoms with Crippen LogP contribution in [0.5, 0.6) is 0 Å². The zero-order valence-corrected chi connectivity index (χ0v) is 9.19. The van der Waals surface area contributed by atoms with Gasteiger partial charge in [-0.25, -0.2) is 0 Å². The van der Waals surface area contributed by atoms with Crippen molar-refractivity contribution in [3.63, 3.8) is 0 Å². The van der Waals surface area contributed by atoms with Crippen LogP contribution in [0.15, 0.2) is 4.52 Å². The number of ether oxygens (including phenoxy) is 1. The van der Waals surface area contributed by atoms with Gasteiger partial charge >= 0.3 is 0 Å². The molecule has 0 spiro atoms. The number of nitrogens with one attached hydrogen (secondary N) is 1. The van der Waals surface area contributed by atoms with Crippen LogP contribution in [-0.4, -0.2) is 29.4 Å². The van der Waals surface area contributed by atoms with E-state index in [0.29, 0.717) is 24.6 Å². The van der Waals surface area contributed by atoms with Crippen molar-refractivity contribution < 1.29 is 9.26 Å². The molecule has 2 unspecified atom stereocenters. The molecular weight excluding hydrogens is 194 g/mol. The van der Waals surface area contributed by atoms with Gasteiger partial charge in [0, 0.05) is 20.1 Å². The summed E-state index contributed by atoms with van der Waals surface area (Å²) in [6.07, 6.45) is 3.79. The van der Waals surface area contributed by atoms with Gasteiger partial charge in [0.1, 0.15) is 0 Å². The Labute approximate surface area is 89.2 Å². The summed E-state index contributed by atoms with van der Waals surface area (Å²) in [7, 11) is 1.77. The molecule has 1 aliphatic rings. The predicted molar refractivity (Wildman–Crippen MR) is 54.3 cm³/mol. The number of hydrogen-bond donors (Lipinski definition) is 1. The first-order valence-corrected chi connectivity index (χ1v) is 5.33. The Balaban J connectivity index is 1.75. The van der Waals surface area contributed by atoms with E-state index in [0.717, 1.165) is 25.1 Å². The third kappa shape index (κ3) is 2.76. The van der Waals surface area contributed by atoms with E-state index >= 15 is 0 Å². The van der Waals surface area contributed by atoms with E-state index in [2.05, 4.69) is 15.5 Å². The van der Waals surface area contributed by atoms with Gasteiger partial charge in [-0.1, -0.05) is 5.16 Å². The number of rotatable bonds is 4. The second kappa shape index (κ2) is 4.72. The highest BCUT2D eigenvalue weighted by atomic mass is 16.5. The van der Waals surface area contributed by atoms with Crippen molar-refractivity contribution >= 4 is 0 Å². The van der Waals surface area contributed by atoms with E-state index in [1.54, 1.807) is 14.0 Å². The number of nitrogens with zero attached hydrogens (tertiary/aromatic N) is 2. The number of aromatic nitrogens is 2. The zero-order valence-electron chi connectivity index (χ0n) is 9.19. The van der Waals surface area contributed by atoms with E-state index in [1.165, 1.54) is 0 Å². The molecule has 2 atom stereocenters. The maximum absolute atomic E-state index is 5.31. The van der Waals surface area contributed by atoms with Gasteiger partial charge in [0.2, 0.25) is 5.89 Å². The molecule has 5 nitrogen and oxygen atoms in total. The molecule has 0 saturated heterocycles. The number of hydrogen-bond acceptors (Lipinski definition) is 5. The van der Waals surface area contributed by atoms with Crippen LogP contribution in [0.25, 0.3) is 0 Å². The van der Waals surface area contributed by atoms with E-state index in [9.17, 15) is 0 Å². The first-order valence-electron chi connectivity index (χ1n) is 5.33. The molecule has 0 aliphatic heterocycles. The van der Waals surface area contributed by atoms with Crippen molar-refractivity contribution in [2.24, 2.45) is 0 Å². The lowest BCUT2D eigenvalue weighted by molar-refractivity contribution is 0.107. The Morgan fingerprint density at radius 2 is 2.40 bits per heavy atom. The summed E-state index contributed by atoms with van der Waals surface area (Å²) < 4.78 is 10.2. The van der Waals surface area contributed by atoms with Crippen LogP contribution >= 0.6 is 0 Å². The highest BCUT2D eigenvalue weighted by molar-refractivity contribution is 4.87. The Bertz CT molecular complexity index is 313. The molecule has 2 rings (SSSR count). The molecule has 0 aromatic carbocycles. The van der Waals surface area contributed by atoms with Gasteiger partial charge < -0.3 is 14.6 Å². The lowest BCUT2D eigenvalue weighted by Crippen LogP contribution is -2.27. The van der Waals surface area contributed by atoms with Gasteiger partial charge in [-0.15, -0.1) is 0 Å². The maximum Gasteiger partial charge on any atom is 0.223 e. The molecular formula is C10H17N3O2. The van der Waals surface area contributed by atoms with Crippen molar-refractivity contribution in [2.75, 3.05) is 7.11 Å². The van der Waals surface area contributed by atoms with E-state index in [1.807, 2.05) is 0 Å². The molecule has 5 heteroatoms. The summed E-state index contributed by atoms with van der Waals surface area (Å²) in [5, 5.41) is 7.25. The minimum absolute atomic E-state index is 0.412. The molecule has 1 heterocycles. The van der Waals surface area contributed by atoms with Crippen LogP contribution in [0, 0.1) is 6.92 Å². The summed E-state index contributed by atoms with van der Waals surface area (Å²) in [4.78, 5) is 4.14. The van der Waals surface area contributed by atoms with Crippen LogP contribution in [0.4, 0.5) is 0 Å². The number of methoxy groups -OCH3 is 1. The van der Waals surface area contributed by atoms with Crippen molar-refractivity contribution in [2.45, 2.75) is 44.9 Å². The van der Waals surface area contributed by atoms with Crippen LogP contribution in [0.1, 0.15) is 31.0 Å². The first kappa shape index (κ1) is 10.6. The van der Waals surface area contributed by atoms with Gasteiger partial charge in [0.05, 0.1) is 12.6 Å². The summed E-state index contributed by atoms with van der Waals surface area (Å²) in [5.41, 5.74) is 0. The lowest BCUT2D eigenvalue weighted by Gasteiger charge is -2.10. The van der Waals surface area contributed by atoms with Gasteiger partial charge in [0.25, 0.3) is 0 Å². The summed E-state index contributed by atoms with van der Waals surface area (Å²) >= 11 is 0. The lowest BCUT2D eigenvalue weighted by atomic mass is 10.2. The fraction of sp³-hybridized carbons (Fsp3) is 0.800. The first-order chi connectivity index (χ1) is 7.28. The molecule has 1 aliphatic carbocycles. The van der Waals surface area contributed by atoms with E-state index < -0.39 is 0 Å². The monoisotopic (exact) mass is 211 g/mol.